The monoisotopic (exact) mass is 284 g/mol. The molecule has 0 saturated heterocycles. The van der Waals surface area contributed by atoms with Crippen LogP contribution in [0.4, 0.5) is 0 Å². The van der Waals surface area contributed by atoms with Crippen molar-refractivity contribution in [3.05, 3.63) is 53.1 Å². The largest absolute Gasteiger partial charge is 0.466 e. The highest BCUT2D eigenvalue weighted by Gasteiger charge is 2.19. The summed E-state index contributed by atoms with van der Waals surface area (Å²) < 4.78 is 7.51. The highest BCUT2D eigenvalue weighted by Crippen LogP contribution is 2.26. The third-order valence-electron chi connectivity index (χ3n) is 3.89. The summed E-state index contributed by atoms with van der Waals surface area (Å²) in [5, 5.41) is 5.79. The van der Waals surface area contributed by atoms with Gasteiger partial charge in [-0.05, 0) is 26.0 Å². The molecule has 1 aromatic carbocycles. The molecule has 2 heterocycles. The van der Waals surface area contributed by atoms with Crippen LogP contribution in [0.5, 0.6) is 0 Å². The van der Waals surface area contributed by atoms with E-state index in [9.17, 15) is 0 Å². The van der Waals surface area contributed by atoms with Crippen molar-refractivity contribution in [3.8, 4) is 0 Å². The molecule has 0 fully saturated rings. The summed E-state index contributed by atoms with van der Waals surface area (Å²) in [6.07, 6.45) is 0.720. The summed E-state index contributed by atoms with van der Waals surface area (Å²) in [5.41, 5.74) is 6.14. The number of hydrazine groups is 1. The molecule has 5 heteroatoms. The highest BCUT2D eigenvalue weighted by atomic mass is 16.3. The van der Waals surface area contributed by atoms with Crippen LogP contribution in [0, 0.1) is 13.8 Å². The number of para-hydroxylation sites is 1. The number of benzene rings is 1. The Morgan fingerprint density at radius 3 is 2.76 bits per heavy atom. The lowest BCUT2D eigenvalue weighted by atomic mass is 10.0. The van der Waals surface area contributed by atoms with Crippen LogP contribution in [-0.2, 0) is 13.5 Å². The second-order valence-corrected chi connectivity index (χ2v) is 5.38. The van der Waals surface area contributed by atoms with Gasteiger partial charge in [0.15, 0.2) is 0 Å². The summed E-state index contributed by atoms with van der Waals surface area (Å²) in [6.45, 7) is 3.91. The van der Waals surface area contributed by atoms with Gasteiger partial charge in [0.25, 0.3) is 0 Å². The molecule has 0 aliphatic rings. The standard InChI is InChI=1S/C16H20N4O/c1-10-8-13(11(2)21-10)14(18-17)9-15-12-6-4-5-7-16(12)20(3)19-15/h4-8,14,18H,9,17H2,1-3H3. The first-order valence-electron chi connectivity index (χ1n) is 7.04. The minimum Gasteiger partial charge on any atom is -0.466 e. The molecule has 0 aliphatic heterocycles. The van der Waals surface area contributed by atoms with Gasteiger partial charge in [-0.3, -0.25) is 16.0 Å². The number of nitrogens with zero attached hydrogens (tertiary/aromatic N) is 2. The van der Waals surface area contributed by atoms with Crippen LogP contribution in [0.1, 0.15) is 28.8 Å². The first kappa shape index (κ1) is 13.9. The summed E-state index contributed by atoms with van der Waals surface area (Å²) in [4.78, 5) is 0. The molecule has 0 aliphatic carbocycles. The molecule has 3 aromatic rings. The predicted octanol–water partition coefficient (Wildman–Crippen LogP) is 2.53. The Morgan fingerprint density at radius 1 is 1.33 bits per heavy atom. The normalized spacial score (nSPS) is 13.0. The number of nitrogens with two attached hydrogens (primary N) is 1. The van der Waals surface area contributed by atoms with Gasteiger partial charge < -0.3 is 4.42 Å². The SMILES string of the molecule is Cc1cc(C(Cc2nn(C)c3ccccc23)NN)c(C)o1. The van der Waals surface area contributed by atoms with Crippen LogP contribution in [-0.4, -0.2) is 9.78 Å². The maximum atomic E-state index is 5.76. The van der Waals surface area contributed by atoms with E-state index in [1.165, 1.54) is 0 Å². The zero-order valence-electron chi connectivity index (χ0n) is 12.6. The number of rotatable bonds is 4. The van der Waals surface area contributed by atoms with Gasteiger partial charge in [0.05, 0.1) is 17.3 Å². The average molecular weight is 284 g/mol. The van der Waals surface area contributed by atoms with Crippen molar-refractivity contribution in [3.63, 3.8) is 0 Å². The molecule has 3 N–H and O–H groups in total. The van der Waals surface area contributed by atoms with E-state index in [1.54, 1.807) is 0 Å². The van der Waals surface area contributed by atoms with Crippen LogP contribution in [0.25, 0.3) is 10.9 Å². The summed E-state index contributed by atoms with van der Waals surface area (Å²) in [7, 11) is 1.96. The minimum atomic E-state index is -0.0132. The van der Waals surface area contributed by atoms with Gasteiger partial charge >= 0.3 is 0 Å². The van der Waals surface area contributed by atoms with E-state index in [4.69, 9.17) is 10.3 Å². The van der Waals surface area contributed by atoms with Gasteiger partial charge in [-0.25, -0.2) is 0 Å². The zero-order chi connectivity index (χ0) is 15.0. The van der Waals surface area contributed by atoms with Gasteiger partial charge in [-0.1, -0.05) is 18.2 Å². The van der Waals surface area contributed by atoms with Crippen molar-refractivity contribution in [2.45, 2.75) is 26.3 Å². The van der Waals surface area contributed by atoms with Crippen LogP contribution >= 0.6 is 0 Å². The second-order valence-electron chi connectivity index (χ2n) is 5.38. The predicted molar refractivity (Wildman–Crippen MR) is 82.7 cm³/mol. The fourth-order valence-electron chi connectivity index (χ4n) is 2.89. The van der Waals surface area contributed by atoms with Crippen molar-refractivity contribution >= 4 is 10.9 Å². The molecule has 21 heavy (non-hydrogen) atoms. The summed E-state index contributed by atoms with van der Waals surface area (Å²) in [6, 6.07) is 10.2. The molecule has 5 nitrogen and oxygen atoms in total. The second kappa shape index (κ2) is 5.35. The molecular formula is C16H20N4O. The molecule has 0 saturated carbocycles. The van der Waals surface area contributed by atoms with Gasteiger partial charge in [0, 0.05) is 24.4 Å². The average Bonchev–Trinajstić information content (AvgIpc) is 2.97. The third kappa shape index (κ3) is 2.46. The number of furan rings is 1. The number of hydrogen-bond acceptors (Lipinski definition) is 4. The maximum Gasteiger partial charge on any atom is 0.105 e. The van der Waals surface area contributed by atoms with Crippen LogP contribution in [0.3, 0.4) is 0 Å². The number of nitrogens with one attached hydrogen (secondary N) is 1. The summed E-state index contributed by atoms with van der Waals surface area (Å²) >= 11 is 0. The van der Waals surface area contributed by atoms with Crippen molar-refractivity contribution in [1.29, 1.82) is 0 Å². The van der Waals surface area contributed by atoms with E-state index in [2.05, 4.69) is 22.7 Å². The number of fused-ring (bicyclic) bond motifs is 1. The lowest BCUT2D eigenvalue weighted by molar-refractivity contribution is 0.483. The van der Waals surface area contributed by atoms with Gasteiger partial charge in [-0.2, -0.15) is 5.10 Å². The Balaban J connectivity index is 1.98. The fourth-order valence-corrected chi connectivity index (χ4v) is 2.89. The molecule has 0 spiro atoms. The zero-order valence-corrected chi connectivity index (χ0v) is 12.6. The van der Waals surface area contributed by atoms with Crippen LogP contribution in [0.15, 0.2) is 34.7 Å². The molecule has 1 unspecified atom stereocenters. The topological polar surface area (TPSA) is 69.0 Å². The number of hydrogen-bond donors (Lipinski definition) is 2. The minimum absolute atomic E-state index is 0.0132. The maximum absolute atomic E-state index is 5.76. The van der Waals surface area contributed by atoms with Gasteiger partial charge in [-0.15, -0.1) is 0 Å². The van der Waals surface area contributed by atoms with Crippen LogP contribution < -0.4 is 11.3 Å². The molecule has 0 amide bonds. The van der Waals surface area contributed by atoms with E-state index in [0.29, 0.717) is 0 Å². The molecular weight excluding hydrogens is 264 g/mol. The summed E-state index contributed by atoms with van der Waals surface area (Å²) in [5.74, 6) is 7.55. The Hall–Kier alpha value is -2.11. The molecule has 2 aromatic heterocycles. The Bertz CT molecular complexity index is 772. The Kier molecular flexibility index (Phi) is 3.53. The molecule has 110 valence electrons. The van der Waals surface area contributed by atoms with E-state index >= 15 is 0 Å². The Morgan fingerprint density at radius 2 is 2.10 bits per heavy atom. The fraction of sp³-hybridized carbons (Fsp3) is 0.312. The molecule has 0 radical (unpaired) electrons. The first-order valence-corrected chi connectivity index (χ1v) is 7.04. The van der Waals surface area contributed by atoms with E-state index in [1.807, 2.05) is 43.8 Å². The molecule has 1 atom stereocenters. The van der Waals surface area contributed by atoms with Crippen molar-refractivity contribution in [1.82, 2.24) is 15.2 Å². The van der Waals surface area contributed by atoms with Crippen molar-refractivity contribution < 1.29 is 4.42 Å². The van der Waals surface area contributed by atoms with Crippen molar-refractivity contribution in [2.75, 3.05) is 0 Å². The lowest BCUT2D eigenvalue weighted by Crippen LogP contribution is -2.30. The Labute approximate surface area is 123 Å². The van der Waals surface area contributed by atoms with Crippen LogP contribution in [0.2, 0.25) is 0 Å². The lowest BCUT2D eigenvalue weighted by Gasteiger charge is -2.14. The quantitative estimate of drug-likeness (QED) is 0.570. The van der Waals surface area contributed by atoms with E-state index < -0.39 is 0 Å². The number of aromatic nitrogens is 2. The number of aryl methyl sites for hydroxylation is 3. The smallest absolute Gasteiger partial charge is 0.105 e. The molecule has 3 rings (SSSR count). The van der Waals surface area contributed by atoms with Crippen molar-refractivity contribution in [2.24, 2.45) is 12.9 Å². The molecule has 0 bridgehead atoms. The van der Waals surface area contributed by atoms with E-state index in [-0.39, 0.29) is 6.04 Å². The third-order valence-corrected chi connectivity index (χ3v) is 3.89. The van der Waals surface area contributed by atoms with Gasteiger partial charge in [0.2, 0.25) is 0 Å². The first-order chi connectivity index (χ1) is 10.1. The highest BCUT2D eigenvalue weighted by molar-refractivity contribution is 5.81. The van der Waals surface area contributed by atoms with E-state index in [0.717, 1.165) is 40.1 Å². The van der Waals surface area contributed by atoms with Gasteiger partial charge in [0.1, 0.15) is 11.5 Å².